The molecule has 0 radical (unpaired) electrons. The van der Waals surface area contributed by atoms with Gasteiger partial charge in [0.2, 0.25) is 0 Å². The number of nitrogens with zero attached hydrogens (tertiary/aromatic N) is 1. The van der Waals surface area contributed by atoms with Crippen molar-refractivity contribution in [2.75, 3.05) is 19.8 Å². The molecule has 2 fully saturated rings. The summed E-state index contributed by atoms with van der Waals surface area (Å²) in [6, 6.07) is 8.60. The second-order valence-corrected chi connectivity index (χ2v) is 7.20. The van der Waals surface area contributed by atoms with Crippen molar-refractivity contribution >= 4 is 22.0 Å². The summed E-state index contributed by atoms with van der Waals surface area (Å²) in [5.41, 5.74) is 1.20. The van der Waals surface area contributed by atoms with Gasteiger partial charge in [0.1, 0.15) is 0 Å². The molecule has 1 heterocycles. The third kappa shape index (κ3) is 3.46. The molecule has 22 heavy (non-hydrogen) atoms. The van der Waals surface area contributed by atoms with E-state index in [0.29, 0.717) is 25.7 Å². The fourth-order valence-corrected chi connectivity index (χ4v) is 3.43. The van der Waals surface area contributed by atoms with E-state index in [1.807, 2.05) is 24.0 Å². The third-order valence-corrected chi connectivity index (χ3v) is 5.29. The molecule has 1 saturated heterocycles. The maximum Gasteiger partial charge on any atom is 0.318 e. The Hall–Kier alpha value is -1.07. The van der Waals surface area contributed by atoms with Crippen LogP contribution in [0.3, 0.4) is 0 Å². The molecule has 5 heteroatoms. The third-order valence-electron chi connectivity index (χ3n) is 4.76. The first-order chi connectivity index (χ1) is 10.6. The van der Waals surface area contributed by atoms with E-state index in [2.05, 4.69) is 33.4 Å². The monoisotopic (exact) mass is 366 g/mol. The summed E-state index contributed by atoms with van der Waals surface area (Å²) in [6.07, 6.45) is 3.65. The molecule has 1 saturated carbocycles. The van der Waals surface area contributed by atoms with Crippen molar-refractivity contribution in [3.8, 4) is 0 Å². The predicted octanol–water partition coefficient (Wildman–Crippen LogP) is 3.72. The van der Waals surface area contributed by atoms with E-state index >= 15 is 0 Å². The van der Waals surface area contributed by atoms with Gasteiger partial charge in [-0.05, 0) is 43.4 Å². The standard InChI is InChI=1S/C17H23BrN2O2/c1-12-11-22-10-9-20(12)17(21)19-16(13-3-2-4-13)14-5-7-15(18)8-6-14/h5-8,12-13,16H,2-4,9-11H2,1H3,(H,19,21). The van der Waals surface area contributed by atoms with Gasteiger partial charge in [-0.1, -0.05) is 34.5 Å². The van der Waals surface area contributed by atoms with Gasteiger partial charge in [-0.3, -0.25) is 0 Å². The van der Waals surface area contributed by atoms with Gasteiger partial charge in [-0.25, -0.2) is 4.79 Å². The lowest BCUT2D eigenvalue weighted by atomic mass is 9.77. The van der Waals surface area contributed by atoms with Crippen molar-refractivity contribution in [2.24, 2.45) is 5.92 Å². The van der Waals surface area contributed by atoms with Crippen LogP contribution in [0.2, 0.25) is 0 Å². The van der Waals surface area contributed by atoms with Gasteiger partial charge in [-0.2, -0.15) is 0 Å². The van der Waals surface area contributed by atoms with Crippen molar-refractivity contribution < 1.29 is 9.53 Å². The van der Waals surface area contributed by atoms with Crippen LogP contribution in [0.4, 0.5) is 4.79 Å². The highest BCUT2D eigenvalue weighted by molar-refractivity contribution is 9.10. The normalized spacial score (nSPS) is 23.7. The van der Waals surface area contributed by atoms with Crippen molar-refractivity contribution in [3.63, 3.8) is 0 Å². The first kappa shape index (κ1) is 15.8. The zero-order valence-electron chi connectivity index (χ0n) is 12.9. The molecule has 0 spiro atoms. The summed E-state index contributed by atoms with van der Waals surface area (Å²) < 4.78 is 6.48. The molecular formula is C17H23BrN2O2. The molecule has 0 aromatic heterocycles. The topological polar surface area (TPSA) is 41.6 Å². The zero-order chi connectivity index (χ0) is 15.5. The number of amides is 2. The summed E-state index contributed by atoms with van der Waals surface area (Å²) in [5.74, 6) is 0.557. The van der Waals surface area contributed by atoms with Crippen LogP contribution in [-0.2, 0) is 4.74 Å². The van der Waals surface area contributed by atoms with Crippen molar-refractivity contribution in [2.45, 2.75) is 38.3 Å². The molecule has 2 aliphatic rings. The minimum atomic E-state index is 0.0376. The fourth-order valence-electron chi connectivity index (χ4n) is 3.16. The number of carbonyl (C=O) groups excluding carboxylic acids is 1. The molecule has 1 aromatic rings. The Labute approximate surface area is 140 Å². The van der Waals surface area contributed by atoms with E-state index in [-0.39, 0.29) is 18.1 Å². The molecule has 1 aliphatic carbocycles. The van der Waals surface area contributed by atoms with E-state index in [1.54, 1.807) is 0 Å². The van der Waals surface area contributed by atoms with Gasteiger partial charge < -0.3 is 15.0 Å². The zero-order valence-corrected chi connectivity index (χ0v) is 14.5. The lowest BCUT2D eigenvalue weighted by molar-refractivity contribution is 0.0174. The van der Waals surface area contributed by atoms with Crippen LogP contribution < -0.4 is 5.32 Å². The summed E-state index contributed by atoms with van der Waals surface area (Å²) in [4.78, 5) is 14.6. The number of carbonyl (C=O) groups is 1. The van der Waals surface area contributed by atoms with E-state index in [0.717, 1.165) is 4.47 Å². The summed E-state index contributed by atoms with van der Waals surface area (Å²) in [7, 11) is 0. The molecule has 4 nitrogen and oxygen atoms in total. The van der Waals surface area contributed by atoms with E-state index in [9.17, 15) is 4.79 Å². The van der Waals surface area contributed by atoms with Crippen LogP contribution in [-0.4, -0.2) is 36.7 Å². The largest absolute Gasteiger partial charge is 0.377 e. The van der Waals surface area contributed by atoms with Gasteiger partial charge in [0, 0.05) is 11.0 Å². The molecular weight excluding hydrogens is 344 g/mol. The van der Waals surface area contributed by atoms with Crippen LogP contribution >= 0.6 is 15.9 Å². The van der Waals surface area contributed by atoms with Crippen LogP contribution in [0.25, 0.3) is 0 Å². The maximum absolute atomic E-state index is 12.7. The number of rotatable bonds is 3. The second kappa shape index (κ2) is 7.01. The Balaban J connectivity index is 1.72. The van der Waals surface area contributed by atoms with E-state index < -0.39 is 0 Å². The van der Waals surface area contributed by atoms with Gasteiger partial charge in [0.15, 0.2) is 0 Å². The smallest absolute Gasteiger partial charge is 0.318 e. The average Bonchev–Trinajstić information content (AvgIpc) is 2.46. The van der Waals surface area contributed by atoms with Crippen molar-refractivity contribution in [1.29, 1.82) is 0 Å². The van der Waals surface area contributed by atoms with E-state index in [4.69, 9.17) is 4.74 Å². The van der Waals surface area contributed by atoms with Gasteiger partial charge in [0.05, 0.1) is 25.3 Å². The van der Waals surface area contributed by atoms with Crippen LogP contribution in [0.15, 0.2) is 28.7 Å². The summed E-state index contributed by atoms with van der Waals surface area (Å²) in [6.45, 7) is 3.96. The average molecular weight is 367 g/mol. The number of urea groups is 1. The molecule has 1 aromatic carbocycles. The summed E-state index contributed by atoms with van der Waals surface area (Å²) >= 11 is 3.47. The molecule has 1 aliphatic heterocycles. The number of benzene rings is 1. The van der Waals surface area contributed by atoms with Gasteiger partial charge in [0.25, 0.3) is 0 Å². The quantitative estimate of drug-likeness (QED) is 0.885. The van der Waals surface area contributed by atoms with Crippen LogP contribution in [0.1, 0.15) is 37.8 Å². The molecule has 2 atom stereocenters. The Morgan fingerprint density at radius 3 is 2.68 bits per heavy atom. The first-order valence-corrected chi connectivity index (χ1v) is 8.85. The van der Waals surface area contributed by atoms with Gasteiger partial charge in [-0.15, -0.1) is 0 Å². The number of nitrogens with one attached hydrogen (secondary N) is 1. The SMILES string of the molecule is CC1COCCN1C(=O)NC(c1ccc(Br)cc1)C1CCC1. The maximum atomic E-state index is 12.7. The predicted molar refractivity (Wildman–Crippen MR) is 89.7 cm³/mol. The highest BCUT2D eigenvalue weighted by Crippen LogP contribution is 2.38. The fraction of sp³-hybridized carbons (Fsp3) is 0.588. The molecule has 0 bridgehead atoms. The Bertz CT molecular complexity index is 516. The lowest BCUT2D eigenvalue weighted by Crippen LogP contribution is -2.52. The molecule has 2 unspecified atom stereocenters. The van der Waals surface area contributed by atoms with Crippen molar-refractivity contribution in [1.82, 2.24) is 10.2 Å². The Morgan fingerprint density at radius 2 is 2.09 bits per heavy atom. The molecule has 120 valence electrons. The number of hydrogen-bond donors (Lipinski definition) is 1. The highest BCUT2D eigenvalue weighted by Gasteiger charge is 2.32. The lowest BCUT2D eigenvalue weighted by Gasteiger charge is -2.38. The van der Waals surface area contributed by atoms with Gasteiger partial charge >= 0.3 is 6.03 Å². The second-order valence-electron chi connectivity index (χ2n) is 6.29. The number of halogens is 1. The van der Waals surface area contributed by atoms with Crippen LogP contribution in [0.5, 0.6) is 0 Å². The molecule has 3 rings (SSSR count). The Kier molecular flexibility index (Phi) is 5.03. The Morgan fingerprint density at radius 1 is 1.36 bits per heavy atom. The minimum absolute atomic E-state index is 0.0376. The molecule has 2 amide bonds. The number of hydrogen-bond acceptors (Lipinski definition) is 2. The highest BCUT2D eigenvalue weighted by atomic mass is 79.9. The van der Waals surface area contributed by atoms with Crippen molar-refractivity contribution in [3.05, 3.63) is 34.3 Å². The summed E-state index contributed by atoms with van der Waals surface area (Å²) in [5, 5.41) is 3.27. The molecule has 1 N–H and O–H groups in total. The minimum Gasteiger partial charge on any atom is -0.377 e. The van der Waals surface area contributed by atoms with Crippen LogP contribution in [0, 0.1) is 5.92 Å². The number of ether oxygens (including phenoxy) is 1. The first-order valence-electron chi connectivity index (χ1n) is 8.05. The number of morpholine rings is 1. The van der Waals surface area contributed by atoms with E-state index in [1.165, 1.54) is 24.8 Å².